The van der Waals surface area contributed by atoms with Gasteiger partial charge in [-0.05, 0) is 96.3 Å². The average molecular weight is 962 g/mol. The van der Waals surface area contributed by atoms with Gasteiger partial charge in [0, 0.05) is 19.3 Å². The highest BCUT2D eigenvalue weighted by atomic mass is 16.6. The van der Waals surface area contributed by atoms with Gasteiger partial charge in [0.25, 0.3) is 0 Å². The Labute approximate surface area is 426 Å². The third kappa shape index (κ3) is 55.4. The van der Waals surface area contributed by atoms with Crippen molar-refractivity contribution < 1.29 is 28.6 Å². The Kier molecular flexibility index (Phi) is 54.3. The topological polar surface area (TPSA) is 78.9 Å². The third-order valence-electron chi connectivity index (χ3n) is 12.4. The van der Waals surface area contributed by atoms with Crippen molar-refractivity contribution in [2.24, 2.45) is 0 Å². The van der Waals surface area contributed by atoms with E-state index >= 15 is 0 Å². The number of hydrogen-bond acceptors (Lipinski definition) is 6. The third-order valence-corrected chi connectivity index (χ3v) is 12.4. The molecule has 396 valence electrons. The molecule has 0 saturated heterocycles. The Bertz CT molecular complexity index is 1330. The van der Waals surface area contributed by atoms with Gasteiger partial charge in [0.1, 0.15) is 13.2 Å². The Morgan fingerprint density at radius 1 is 0.304 bits per heavy atom. The van der Waals surface area contributed by atoms with Crippen LogP contribution in [0.1, 0.15) is 278 Å². The number of ether oxygens (including phenoxy) is 3. The van der Waals surface area contributed by atoms with Gasteiger partial charge in [-0.1, -0.05) is 247 Å². The van der Waals surface area contributed by atoms with Gasteiger partial charge in [0.15, 0.2) is 6.10 Å². The lowest BCUT2D eigenvalue weighted by Gasteiger charge is -2.18. The van der Waals surface area contributed by atoms with Crippen LogP contribution >= 0.6 is 0 Å². The first-order valence-corrected chi connectivity index (χ1v) is 29.1. The maximum atomic E-state index is 12.8. The van der Waals surface area contributed by atoms with Crippen LogP contribution in [-0.4, -0.2) is 37.2 Å². The van der Waals surface area contributed by atoms with E-state index in [-0.39, 0.29) is 31.6 Å². The molecule has 6 heteroatoms. The van der Waals surface area contributed by atoms with Crippen molar-refractivity contribution in [2.45, 2.75) is 284 Å². The second-order valence-electron chi connectivity index (χ2n) is 19.2. The van der Waals surface area contributed by atoms with E-state index in [4.69, 9.17) is 14.2 Å². The van der Waals surface area contributed by atoms with Crippen LogP contribution in [0.4, 0.5) is 0 Å². The van der Waals surface area contributed by atoms with Gasteiger partial charge in [-0.2, -0.15) is 0 Å². The molecule has 0 radical (unpaired) electrons. The molecule has 0 bridgehead atoms. The number of allylic oxidation sites excluding steroid dienone is 14. The fraction of sp³-hybridized carbons (Fsp3) is 0.730. The van der Waals surface area contributed by atoms with Gasteiger partial charge in [0.2, 0.25) is 0 Å². The van der Waals surface area contributed by atoms with Crippen molar-refractivity contribution >= 4 is 17.9 Å². The minimum Gasteiger partial charge on any atom is -0.462 e. The van der Waals surface area contributed by atoms with Gasteiger partial charge < -0.3 is 14.2 Å². The van der Waals surface area contributed by atoms with E-state index in [0.29, 0.717) is 19.3 Å². The second kappa shape index (κ2) is 57.2. The number of carbonyl (C=O) groups excluding carboxylic acids is 3. The Morgan fingerprint density at radius 2 is 0.609 bits per heavy atom. The lowest BCUT2D eigenvalue weighted by atomic mass is 10.0. The molecule has 0 aromatic rings. The van der Waals surface area contributed by atoms with Crippen LogP contribution in [0.3, 0.4) is 0 Å². The highest BCUT2D eigenvalue weighted by Gasteiger charge is 2.19. The van der Waals surface area contributed by atoms with Crippen LogP contribution in [0.2, 0.25) is 0 Å². The zero-order chi connectivity index (χ0) is 50.0. The molecule has 1 atom stereocenters. The number of esters is 3. The van der Waals surface area contributed by atoms with E-state index in [0.717, 1.165) is 83.5 Å². The zero-order valence-electron chi connectivity index (χ0n) is 45.3. The molecular weight excluding hydrogens is 853 g/mol. The molecule has 0 rings (SSSR count). The van der Waals surface area contributed by atoms with Crippen LogP contribution in [0.25, 0.3) is 0 Å². The first kappa shape index (κ1) is 65.6. The van der Waals surface area contributed by atoms with E-state index in [1.165, 1.54) is 148 Å². The van der Waals surface area contributed by atoms with Crippen LogP contribution in [0, 0.1) is 0 Å². The number of rotatable bonds is 52. The van der Waals surface area contributed by atoms with Gasteiger partial charge in [-0.25, -0.2) is 0 Å². The Balaban J connectivity index is 4.23. The first-order valence-electron chi connectivity index (χ1n) is 29.1. The van der Waals surface area contributed by atoms with Gasteiger partial charge in [0.05, 0.1) is 0 Å². The molecule has 0 saturated carbocycles. The Hall–Kier alpha value is -3.41. The molecule has 0 aliphatic heterocycles. The van der Waals surface area contributed by atoms with E-state index in [9.17, 15) is 14.4 Å². The molecule has 0 aromatic heterocycles. The lowest BCUT2D eigenvalue weighted by molar-refractivity contribution is -0.166. The fourth-order valence-electron chi connectivity index (χ4n) is 8.00. The molecule has 0 amide bonds. The summed E-state index contributed by atoms with van der Waals surface area (Å²) in [6.45, 7) is 6.41. The highest BCUT2D eigenvalue weighted by molar-refractivity contribution is 5.71. The number of hydrogen-bond donors (Lipinski definition) is 0. The van der Waals surface area contributed by atoms with Crippen molar-refractivity contribution in [3.05, 3.63) is 85.1 Å². The summed E-state index contributed by atoms with van der Waals surface area (Å²) >= 11 is 0. The van der Waals surface area contributed by atoms with E-state index in [2.05, 4.69) is 93.7 Å². The summed E-state index contributed by atoms with van der Waals surface area (Å²) < 4.78 is 16.7. The van der Waals surface area contributed by atoms with Crippen LogP contribution in [-0.2, 0) is 28.6 Å². The predicted octanol–water partition coefficient (Wildman–Crippen LogP) is 19.5. The minimum absolute atomic E-state index is 0.107. The monoisotopic (exact) mass is 961 g/mol. The number of carbonyl (C=O) groups is 3. The molecule has 0 aromatic carbocycles. The zero-order valence-corrected chi connectivity index (χ0v) is 45.3. The van der Waals surface area contributed by atoms with Crippen molar-refractivity contribution in [3.63, 3.8) is 0 Å². The highest BCUT2D eigenvalue weighted by Crippen LogP contribution is 2.16. The second-order valence-corrected chi connectivity index (χ2v) is 19.2. The van der Waals surface area contributed by atoms with Crippen LogP contribution in [0.15, 0.2) is 85.1 Å². The molecule has 0 N–H and O–H groups in total. The van der Waals surface area contributed by atoms with Crippen molar-refractivity contribution in [1.29, 1.82) is 0 Å². The van der Waals surface area contributed by atoms with Gasteiger partial charge in [-0.15, -0.1) is 0 Å². The summed E-state index contributed by atoms with van der Waals surface area (Å²) in [6.07, 6.45) is 74.7. The molecular formula is C63H108O6. The minimum atomic E-state index is -0.816. The maximum absolute atomic E-state index is 12.8. The van der Waals surface area contributed by atoms with Crippen LogP contribution < -0.4 is 0 Å². The normalized spacial score (nSPS) is 12.7. The SMILES string of the molecule is CC/C=C\C/C=C\C/C=C\C/C=C\CCC(=O)OC(COC(=O)CCCCCCC/C=C\CCCC)COC(=O)CCCCCCCCCCCCCCCCC/C=C\C/C=C\CCCCCCC. The molecule has 1 unspecified atom stereocenters. The van der Waals surface area contributed by atoms with Gasteiger partial charge >= 0.3 is 17.9 Å². The molecule has 0 aliphatic rings. The maximum Gasteiger partial charge on any atom is 0.306 e. The first-order chi connectivity index (χ1) is 34.0. The fourth-order valence-corrected chi connectivity index (χ4v) is 8.00. The summed E-state index contributed by atoms with van der Waals surface area (Å²) in [4.78, 5) is 38.0. The largest absolute Gasteiger partial charge is 0.462 e. The van der Waals surface area contributed by atoms with Gasteiger partial charge in [-0.3, -0.25) is 14.4 Å². The summed E-state index contributed by atoms with van der Waals surface area (Å²) in [6, 6.07) is 0. The van der Waals surface area contributed by atoms with Crippen molar-refractivity contribution in [1.82, 2.24) is 0 Å². The Morgan fingerprint density at radius 3 is 1.00 bits per heavy atom. The molecule has 6 nitrogen and oxygen atoms in total. The van der Waals surface area contributed by atoms with Crippen molar-refractivity contribution in [2.75, 3.05) is 13.2 Å². The quantitative estimate of drug-likeness (QED) is 0.0262. The molecule has 0 spiro atoms. The lowest BCUT2D eigenvalue weighted by Crippen LogP contribution is -2.30. The van der Waals surface area contributed by atoms with Crippen molar-refractivity contribution in [3.8, 4) is 0 Å². The van der Waals surface area contributed by atoms with E-state index < -0.39 is 12.1 Å². The smallest absolute Gasteiger partial charge is 0.306 e. The summed E-state index contributed by atoms with van der Waals surface area (Å²) in [5.74, 6) is -0.996. The molecule has 0 fully saturated rings. The van der Waals surface area contributed by atoms with E-state index in [1.54, 1.807) is 0 Å². The summed E-state index contributed by atoms with van der Waals surface area (Å²) in [7, 11) is 0. The average Bonchev–Trinajstić information content (AvgIpc) is 3.35. The van der Waals surface area contributed by atoms with E-state index in [1.807, 2.05) is 12.2 Å². The molecule has 0 heterocycles. The molecule has 69 heavy (non-hydrogen) atoms. The summed E-state index contributed by atoms with van der Waals surface area (Å²) in [5.41, 5.74) is 0. The summed E-state index contributed by atoms with van der Waals surface area (Å²) in [5, 5.41) is 0. The number of unbranched alkanes of at least 4 members (excludes halogenated alkanes) is 27. The van der Waals surface area contributed by atoms with Crippen LogP contribution in [0.5, 0.6) is 0 Å². The predicted molar refractivity (Wildman–Crippen MR) is 297 cm³/mol. The molecule has 0 aliphatic carbocycles. The standard InChI is InChI=1S/C63H108O6/c1-4-7-10-13-16-19-22-24-25-26-27-28-29-30-31-32-33-34-35-36-37-39-41-44-47-50-53-56-62(65)68-59-60(58-67-61(64)55-52-49-46-43-40-21-18-15-12-9-6-3)69-63(66)57-54-51-48-45-42-38-23-20-17-14-11-8-5-2/h8,11,15,17-18,20,22,24,26-27,38,42,48,51,60H,4-7,9-10,12-14,16,19,21,23,25,28-37,39-41,43-47,49-50,52-59H2,1-3H3/b11-8-,18-15-,20-17-,24-22-,27-26-,42-38-,51-48-.